The predicted molar refractivity (Wildman–Crippen MR) is 106 cm³/mol. The normalized spacial score (nSPS) is 16.5. The zero-order valence-corrected chi connectivity index (χ0v) is 16.6. The van der Waals surface area contributed by atoms with E-state index in [0.717, 1.165) is 29.5 Å². The third-order valence-electron chi connectivity index (χ3n) is 5.64. The molecule has 7 heteroatoms. The van der Waals surface area contributed by atoms with Gasteiger partial charge in [0, 0.05) is 24.4 Å². The maximum atomic E-state index is 12.9. The molecule has 1 aliphatic rings. The van der Waals surface area contributed by atoms with Gasteiger partial charge in [-0.15, -0.1) is 11.3 Å². The zero-order valence-electron chi connectivity index (χ0n) is 15.8. The summed E-state index contributed by atoms with van der Waals surface area (Å²) in [5, 5.41) is 3.78. The maximum Gasteiger partial charge on any atom is 0.262 e. The van der Waals surface area contributed by atoms with Crippen LogP contribution in [-0.2, 0) is 24.2 Å². The van der Waals surface area contributed by atoms with E-state index in [1.54, 1.807) is 22.2 Å². The molecule has 1 amide bonds. The van der Waals surface area contributed by atoms with E-state index in [2.05, 4.69) is 10.3 Å². The second kappa shape index (κ2) is 7.48. The fourth-order valence-electron chi connectivity index (χ4n) is 3.37. The minimum atomic E-state index is -0.434. The second-order valence-electron chi connectivity index (χ2n) is 7.71. The number of rotatable bonds is 6. The standard InChI is InChI=1S/C19H28N4O2S/c1-12(2)19(3,10-20)22-15(24)8-9-23-11-21-17-16(18(23)25)13-6-4-5-7-14(13)26-17/h11-12H,4-10,20H2,1-3H3,(H,22,24). The lowest BCUT2D eigenvalue weighted by molar-refractivity contribution is -0.123. The van der Waals surface area contributed by atoms with Gasteiger partial charge in [-0.05, 0) is 44.1 Å². The minimum Gasteiger partial charge on any atom is -0.349 e. The third-order valence-corrected chi connectivity index (χ3v) is 6.84. The molecule has 0 bridgehead atoms. The molecule has 2 aromatic rings. The number of amides is 1. The molecule has 2 heterocycles. The van der Waals surface area contributed by atoms with E-state index < -0.39 is 5.54 Å². The van der Waals surface area contributed by atoms with Crippen LogP contribution in [-0.4, -0.2) is 27.5 Å². The Morgan fingerprint density at radius 3 is 2.85 bits per heavy atom. The minimum absolute atomic E-state index is 0.0207. The predicted octanol–water partition coefficient (Wildman–Crippen LogP) is 2.22. The van der Waals surface area contributed by atoms with Crippen LogP contribution < -0.4 is 16.6 Å². The molecule has 0 aromatic carbocycles. The van der Waals surface area contributed by atoms with Gasteiger partial charge in [-0.1, -0.05) is 13.8 Å². The lowest BCUT2D eigenvalue weighted by Gasteiger charge is -2.33. The molecule has 1 aliphatic carbocycles. The average Bonchev–Trinajstić information content (AvgIpc) is 3.00. The van der Waals surface area contributed by atoms with Crippen molar-refractivity contribution in [1.82, 2.24) is 14.9 Å². The first-order valence-electron chi connectivity index (χ1n) is 9.36. The maximum absolute atomic E-state index is 12.9. The lowest BCUT2D eigenvalue weighted by atomic mass is 9.88. The molecule has 1 atom stereocenters. The van der Waals surface area contributed by atoms with Crippen molar-refractivity contribution in [1.29, 1.82) is 0 Å². The van der Waals surface area contributed by atoms with Gasteiger partial charge >= 0.3 is 0 Å². The first-order chi connectivity index (χ1) is 12.4. The first-order valence-corrected chi connectivity index (χ1v) is 10.2. The van der Waals surface area contributed by atoms with Gasteiger partial charge in [-0.3, -0.25) is 14.2 Å². The molecule has 142 valence electrons. The molecule has 0 aliphatic heterocycles. The van der Waals surface area contributed by atoms with Crippen molar-refractivity contribution in [2.75, 3.05) is 6.54 Å². The number of thiophene rings is 1. The van der Waals surface area contributed by atoms with Gasteiger partial charge in [-0.25, -0.2) is 4.98 Å². The van der Waals surface area contributed by atoms with Crippen molar-refractivity contribution in [2.45, 2.75) is 65.0 Å². The number of hydrogen-bond acceptors (Lipinski definition) is 5. The van der Waals surface area contributed by atoms with Crippen molar-refractivity contribution in [2.24, 2.45) is 11.7 Å². The van der Waals surface area contributed by atoms with Gasteiger partial charge < -0.3 is 11.1 Å². The monoisotopic (exact) mass is 376 g/mol. The van der Waals surface area contributed by atoms with Gasteiger partial charge in [0.1, 0.15) is 4.83 Å². The summed E-state index contributed by atoms with van der Waals surface area (Å²) < 4.78 is 1.57. The third kappa shape index (κ3) is 3.55. The van der Waals surface area contributed by atoms with Crippen LogP contribution in [0.2, 0.25) is 0 Å². The van der Waals surface area contributed by atoms with Crippen molar-refractivity contribution < 1.29 is 4.79 Å². The van der Waals surface area contributed by atoms with Crippen molar-refractivity contribution in [3.63, 3.8) is 0 Å². The Labute approximate surface area is 157 Å². The van der Waals surface area contributed by atoms with E-state index in [1.807, 2.05) is 20.8 Å². The highest BCUT2D eigenvalue weighted by molar-refractivity contribution is 7.18. The molecule has 0 saturated heterocycles. The van der Waals surface area contributed by atoms with E-state index in [1.165, 1.54) is 16.9 Å². The van der Waals surface area contributed by atoms with E-state index in [4.69, 9.17) is 5.73 Å². The number of aryl methyl sites for hydroxylation is 3. The number of nitrogens with one attached hydrogen (secondary N) is 1. The highest BCUT2D eigenvalue weighted by Crippen LogP contribution is 2.33. The summed E-state index contributed by atoms with van der Waals surface area (Å²) in [6.45, 7) is 6.74. The van der Waals surface area contributed by atoms with Gasteiger partial charge in [0.25, 0.3) is 5.56 Å². The molecule has 3 rings (SSSR count). The number of nitrogens with zero attached hydrogens (tertiary/aromatic N) is 2. The SMILES string of the molecule is CC(C)C(C)(CN)NC(=O)CCn1cnc2sc3c(c2c1=O)CCCC3. The topological polar surface area (TPSA) is 90.0 Å². The fourth-order valence-corrected chi connectivity index (χ4v) is 4.59. The van der Waals surface area contributed by atoms with Crippen molar-refractivity contribution in [3.8, 4) is 0 Å². The van der Waals surface area contributed by atoms with Crippen molar-refractivity contribution in [3.05, 3.63) is 27.1 Å². The number of nitrogens with two attached hydrogens (primary N) is 1. The van der Waals surface area contributed by atoms with Crippen LogP contribution in [0.3, 0.4) is 0 Å². The van der Waals surface area contributed by atoms with Crippen LogP contribution in [0, 0.1) is 5.92 Å². The number of hydrogen-bond donors (Lipinski definition) is 2. The lowest BCUT2D eigenvalue weighted by Crippen LogP contribution is -2.55. The van der Waals surface area contributed by atoms with Crippen LogP contribution in [0.15, 0.2) is 11.1 Å². The summed E-state index contributed by atoms with van der Waals surface area (Å²) in [4.78, 5) is 31.9. The Kier molecular flexibility index (Phi) is 5.48. The molecule has 0 radical (unpaired) electrons. The first kappa shape index (κ1) is 19.0. The fraction of sp³-hybridized carbons (Fsp3) is 0.632. The van der Waals surface area contributed by atoms with Crippen LogP contribution in [0.4, 0.5) is 0 Å². The van der Waals surface area contributed by atoms with E-state index in [9.17, 15) is 9.59 Å². The summed E-state index contributed by atoms with van der Waals surface area (Å²) in [6, 6.07) is 0. The highest BCUT2D eigenvalue weighted by Gasteiger charge is 2.28. The van der Waals surface area contributed by atoms with E-state index >= 15 is 0 Å². The Hall–Kier alpha value is -1.73. The highest BCUT2D eigenvalue weighted by atomic mass is 32.1. The Balaban J connectivity index is 1.76. The van der Waals surface area contributed by atoms with Crippen LogP contribution >= 0.6 is 11.3 Å². The second-order valence-corrected chi connectivity index (χ2v) is 8.79. The van der Waals surface area contributed by atoms with Crippen molar-refractivity contribution >= 4 is 27.5 Å². The summed E-state index contributed by atoms with van der Waals surface area (Å²) >= 11 is 1.64. The summed E-state index contributed by atoms with van der Waals surface area (Å²) in [5.41, 5.74) is 6.55. The summed E-state index contributed by atoms with van der Waals surface area (Å²) in [5.74, 6) is 0.139. The van der Waals surface area contributed by atoms with Crippen LogP contribution in [0.25, 0.3) is 10.2 Å². The number of aromatic nitrogens is 2. The smallest absolute Gasteiger partial charge is 0.262 e. The Bertz CT molecular complexity index is 870. The zero-order chi connectivity index (χ0) is 18.9. The van der Waals surface area contributed by atoms with E-state index in [-0.39, 0.29) is 23.8 Å². The number of carbonyl (C=O) groups excluding carboxylic acids is 1. The Morgan fingerprint density at radius 1 is 1.42 bits per heavy atom. The largest absolute Gasteiger partial charge is 0.349 e. The number of fused-ring (bicyclic) bond motifs is 3. The van der Waals surface area contributed by atoms with Crippen LogP contribution in [0.1, 0.15) is 50.5 Å². The molecule has 1 unspecified atom stereocenters. The molecule has 3 N–H and O–H groups in total. The summed E-state index contributed by atoms with van der Waals surface area (Å²) in [6.07, 6.45) is 6.13. The molecule has 0 spiro atoms. The average molecular weight is 377 g/mol. The van der Waals surface area contributed by atoms with Gasteiger partial charge in [0.2, 0.25) is 5.91 Å². The van der Waals surface area contributed by atoms with Gasteiger partial charge in [0.15, 0.2) is 0 Å². The Morgan fingerprint density at radius 2 is 2.15 bits per heavy atom. The molecule has 26 heavy (non-hydrogen) atoms. The summed E-state index contributed by atoms with van der Waals surface area (Å²) in [7, 11) is 0. The molecule has 0 saturated carbocycles. The molecular formula is C19H28N4O2S. The van der Waals surface area contributed by atoms with Gasteiger partial charge in [0.05, 0.1) is 17.3 Å². The quantitative estimate of drug-likeness (QED) is 0.809. The number of carbonyl (C=O) groups is 1. The van der Waals surface area contributed by atoms with Gasteiger partial charge in [-0.2, -0.15) is 0 Å². The van der Waals surface area contributed by atoms with Crippen LogP contribution in [0.5, 0.6) is 0 Å². The molecule has 0 fully saturated rings. The molecule has 6 nitrogen and oxygen atoms in total. The van der Waals surface area contributed by atoms with E-state index in [0.29, 0.717) is 13.1 Å². The molecular weight excluding hydrogens is 348 g/mol. The molecule has 2 aromatic heterocycles.